The van der Waals surface area contributed by atoms with Crippen LogP contribution in [-0.2, 0) is 4.79 Å². The van der Waals surface area contributed by atoms with Crippen LogP contribution in [0.3, 0.4) is 0 Å². The van der Waals surface area contributed by atoms with E-state index in [9.17, 15) is 9.59 Å². The highest BCUT2D eigenvalue weighted by Gasteiger charge is 2.27. The van der Waals surface area contributed by atoms with E-state index in [0.717, 1.165) is 18.4 Å². The molecule has 1 aliphatic carbocycles. The molecule has 0 aromatic heterocycles. The number of carboxylic acid groups (broad SMARTS) is 1. The molecule has 1 saturated carbocycles. The number of anilines is 1. The average Bonchev–Trinajstić information content (AvgIpc) is 2.42. The third-order valence-corrected chi connectivity index (χ3v) is 3.89. The number of aliphatic carboxylic acids is 1. The average molecular weight is 276 g/mol. The Kier molecular flexibility index (Phi) is 4.27. The second kappa shape index (κ2) is 5.94. The van der Waals surface area contributed by atoms with Crippen molar-refractivity contribution >= 4 is 17.6 Å². The Morgan fingerprint density at radius 3 is 2.75 bits per heavy atom. The van der Waals surface area contributed by atoms with E-state index in [0.29, 0.717) is 24.1 Å². The summed E-state index contributed by atoms with van der Waals surface area (Å²) >= 11 is 0. The van der Waals surface area contributed by atoms with Crippen molar-refractivity contribution in [3.8, 4) is 0 Å². The van der Waals surface area contributed by atoms with Crippen LogP contribution in [0, 0.1) is 12.8 Å². The van der Waals surface area contributed by atoms with Crippen molar-refractivity contribution in [2.45, 2.75) is 38.6 Å². The zero-order valence-corrected chi connectivity index (χ0v) is 11.6. The minimum atomic E-state index is -0.771. The molecule has 5 heteroatoms. The summed E-state index contributed by atoms with van der Waals surface area (Å²) in [5, 5.41) is 12.0. The highest BCUT2D eigenvalue weighted by molar-refractivity contribution is 5.95. The van der Waals surface area contributed by atoms with Gasteiger partial charge >= 0.3 is 5.97 Å². The van der Waals surface area contributed by atoms with E-state index in [1.54, 1.807) is 18.2 Å². The van der Waals surface area contributed by atoms with Crippen LogP contribution >= 0.6 is 0 Å². The molecule has 1 amide bonds. The number of amides is 1. The van der Waals surface area contributed by atoms with Gasteiger partial charge in [0.15, 0.2) is 0 Å². The lowest BCUT2D eigenvalue weighted by molar-refractivity contribution is -0.143. The molecule has 0 bridgehead atoms. The number of carbonyl (C=O) groups is 2. The number of hydrogen-bond acceptors (Lipinski definition) is 3. The molecule has 108 valence electrons. The van der Waals surface area contributed by atoms with E-state index in [1.807, 2.05) is 6.92 Å². The zero-order valence-electron chi connectivity index (χ0n) is 11.6. The van der Waals surface area contributed by atoms with Crippen molar-refractivity contribution in [2.24, 2.45) is 5.92 Å². The maximum atomic E-state index is 12.2. The number of carbonyl (C=O) groups excluding carboxylic acids is 1. The topological polar surface area (TPSA) is 92.4 Å². The monoisotopic (exact) mass is 276 g/mol. The molecule has 0 aliphatic heterocycles. The molecule has 20 heavy (non-hydrogen) atoms. The predicted molar refractivity (Wildman–Crippen MR) is 76.4 cm³/mol. The van der Waals surface area contributed by atoms with Gasteiger partial charge in [0.05, 0.1) is 5.92 Å². The standard InChI is InChI=1S/C15H20N2O3/c1-9-7-10(5-6-13(9)16)14(18)17-12-4-2-3-11(8-12)15(19)20/h5-7,11-12H,2-4,8,16H2,1H3,(H,17,18)(H,19,20). The number of nitrogen functional groups attached to an aromatic ring is 1. The van der Waals surface area contributed by atoms with E-state index in [1.165, 1.54) is 0 Å². The Balaban J connectivity index is 2.00. The summed E-state index contributed by atoms with van der Waals surface area (Å²) in [4.78, 5) is 23.2. The normalized spacial score (nSPS) is 22.2. The van der Waals surface area contributed by atoms with Crippen molar-refractivity contribution < 1.29 is 14.7 Å². The van der Waals surface area contributed by atoms with Gasteiger partial charge in [0.1, 0.15) is 0 Å². The lowest BCUT2D eigenvalue weighted by atomic mass is 9.85. The van der Waals surface area contributed by atoms with Crippen LogP contribution in [0.2, 0.25) is 0 Å². The Bertz CT molecular complexity index is 528. The molecule has 1 aromatic carbocycles. The molecular weight excluding hydrogens is 256 g/mol. The van der Waals surface area contributed by atoms with E-state index in [4.69, 9.17) is 10.8 Å². The van der Waals surface area contributed by atoms with Crippen LogP contribution in [0.1, 0.15) is 41.6 Å². The van der Waals surface area contributed by atoms with Crippen molar-refractivity contribution in [2.75, 3.05) is 5.73 Å². The molecule has 1 fully saturated rings. The van der Waals surface area contributed by atoms with Crippen LogP contribution in [0.25, 0.3) is 0 Å². The number of nitrogens with two attached hydrogens (primary N) is 1. The Morgan fingerprint density at radius 1 is 1.35 bits per heavy atom. The van der Waals surface area contributed by atoms with Gasteiger partial charge in [-0.05, 0) is 49.9 Å². The van der Waals surface area contributed by atoms with Crippen molar-refractivity contribution in [3.05, 3.63) is 29.3 Å². The van der Waals surface area contributed by atoms with Gasteiger partial charge in [0.25, 0.3) is 5.91 Å². The molecule has 2 unspecified atom stereocenters. The van der Waals surface area contributed by atoms with Gasteiger partial charge < -0.3 is 16.2 Å². The van der Waals surface area contributed by atoms with Crippen molar-refractivity contribution in [3.63, 3.8) is 0 Å². The molecule has 0 spiro atoms. The maximum Gasteiger partial charge on any atom is 0.306 e. The van der Waals surface area contributed by atoms with E-state index in [-0.39, 0.29) is 17.9 Å². The number of nitrogens with one attached hydrogen (secondary N) is 1. The quantitative estimate of drug-likeness (QED) is 0.736. The van der Waals surface area contributed by atoms with Crippen LogP contribution in [0.15, 0.2) is 18.2 Å². The first kappa shape index (κ1) is 14.4. The van der Waals surface area contributed by atoms with Gasteiger partial charge in [-0.15, -0.1) is 0 Å². The molecule has 2 rings (SSSR count). The summed E-state index contributed by atoms with van der Waals surface area (Å²) in [6, 6.07) is 5.10. The third-order valence-electron chi connectivity index (χ3n) is 3.89. The molecule has 2 atom stereocenters. The summed E-state index contributed by atoms with van der Waals surface area (Å²) in [6.07, 6.45) is 2.88. The predicted octanol–water partition coefficient (Wildman–Crippen LogP) is 1.95. The first-order chi connectivity index (χ1) is 9.47. The summed E-state index contributed by atoms with van der Waals surface area (Å²) in [7, 11) is 0. The second-order valence-corrected chi connectivity index (χ2v) is 5.44. The number of benzene rings is 1. The summed E-state index contributed by atoms with van der Waals surface area (Å²) < 4.78 is 0. The minimum absolute atomic E-state index is 0.0600. The van der Waals surface area contributed by atoms with E-state index in [2.05, 4.69) is 5.32 Å². The Morgan fingerprint density at radius 2 is 2.10 bits per heavy atom. The van der Waals surface area contributed by atoms with Crippen LogP contribution in [0.4, 0.5) is 5.69 Å². The van der Waals surface area contributed by atoms with E-state index < -0.39 is 5.97 Å². The number of rotatable bonds is 3. The van der Waals surface area contributed by atoms with Gasteiger partial charge in [-0.2, -0.15) is 0 Å². The first-order valence-electron chi connectivity index (χ1n) is 6.87. The molecule has 1 aliphatic rings. The van der Waals surface area contributed by atoms with E-state index >= 15 is 0 Å². The lowest BCUT2D eigenvalue weighted by Crippen LogP contribution is -2.39. The molecule has 5 nitrogen and oxygen atoms in total. The second-order valence-electron chi connectivity index (χ2n) is 5.44. The van der Waals surface area contributed by atoms with Crippen molar-refractivity contribution in [1.29, 1.82) is 0 Å². The third kappa shape index (κ3) is 3.29. The molecule has 0 radical (unpaired) electrons. The fraction of sp³-hybridized carbons (Fsp3) is 0.467. The highest BCUT2D eigenvalue weighted by atomic mass is 16.4. The molecule has 1 aromatic rings. The fourth-order valence-corrected chi connectivity index (χ4v) is 2.63. The van der Waals surface area contributed by atoms with Crippen LogP contribution in [0.5, 0.6) is 0 Å². The SMILES string of the molecule is Cc1cc(C(=O)NC2CCCC(C(=O)O)C2)ccc1N. The molecule has 0 heterocycles. The Labute approximate surface area is 118 Å². The molecular formula is C15H20N2O3. The summed E-state index contributed by atoms with van der Waals surface area (Å²) in [5.41, 5.74) is 7.81. The molecule has 0 saturated heterocycles. The van der Waals surface area contributed by atoms with Gasteiger partial charge in [0, 0.05) is 17.3 Å². The largest absolute Gasteiger partial charge is 0.481 e. The molecule has 4 N–H and O–H groups in total. The summed E-state index contributed by atoms with van der Waals surface area (Å²) in [5.74, 6) is -1.28. The maximum absolute atomic E-state index is 12.2. The fourth-order valence-electron chi connectivity index (χ4n) is 2.63. The summed E-state index contributed by atoms with van der Waals surface area (Å²) in [6.45, 7) is 1.85. The van der Waals surface area contributed by atoms with Gasteiger partial charge in [-0.1, -0.05) is 6.42 Å². The van der Waals surface area contributed by atoms with Gasteiger partial charge in [-0.3, -0.25) is 9.59 Å². The van der Waals surface area contributed by atoms with Crippen LogP contribution < -0.4 is 11.1 Å². The van der Waals surface area contributed by atoms with Crippen LogP contribution in [-0.4, -0.2) is 23.0 Å². The highest BCUT2D eigenvalue weighted by Crippen LogP contribution is 2.24. The number of carboxylic acids is 1. The zero-order chi connectivity index (χ0) is 14.7. The van der Waals surface area contributed by atoms with Crippen molar-refractivity contribution in [1.82, 2.24) is 5.32 Å². The number of aryl methyl sites for hydroxylation is 1. The van der Waals surface area contributed by atoms with Gasteiger partial charge in [-0.25, -0.2) is 0 Å². The number of hydrogen-bond donors (Lipinski definition) is 3. The lowest BCUT2D eigenvalue weighted by Gasteiger charge is -2.27. The smallest absolute Gasteiger partial charge is 0.306 e. The first-order valence-corrected chi connectivity index (χ1v) is 6.87. The van der Waals surface area contributed by atoms with Gasteiger partial charge in [0.2, 0.25) is 0 Å². The Hall–Kier alpha value is -2.04. The minimum Gasteiger partial charge on any atom is -0.481 e.